The lowest BCUT2D eigenvalue weighted by Crippen LogP contribution is -2.39. The molecule has 1 aliphatic carbocycles. The lowest BCUT2D eigenvalue weighted by atomic mass is 10.1. The van der Waals surface area contributed by atoms with E-state index in [9.17, 15) is 5.11 Å². The van der Waals surface area contributed by atoms with Crippen LogP contribution < -0.4 is 0 Å². The highest BCUT2D eigenvalue weighted by atomic mass is 16.5. The van der Waals surface area contributed by atoms with Gasteiger partial charge in [-0.2, -0.15) is 5.10 Å². The number of aromatic nitrogens is 2. The van der Waals surface area contributed by atoms with Gasteiger partial charge in [-0.3, -0.25) is 9.58 Å². The van der Waals surface area contributed by atoms with Gasteiger partial charge in [-0.15, -0.1) is 0 Å². The van der Waals surface area contributed by atoms with Crippen LogP contribution in [0.15, 0.2) is 6.07 Å². The third kappa shape index (κ3) is 2.87. The van der Waals surface area contributed by atoms with E-state index in [1.54, 1.807) is 0 Å². The van der Waals surface area contributed by atoms with Crippen molar-refractivity contribution in [2.24, 2.45) is 5.92 Å². The fourth-order valence-corrected chi connectivity index (χ4v) is 3.67. The van der Waals surface area contributed by atoms with Gasteiger partial charge in [-0.1, -0.05) is 0 Å². The zero-order valence-corrected chi connectivity index (χ0v) is 12.6. The maximum atomic E-state index is 10.3. The summed E-state index contributed by atoms with van der Waals surface area (Å²) in [5.74, 6) is 0.454. The van der Waals surface area contributed by atoms with Crippen LogP contribution in [0.5, 0.6) is 0 Å². The highest BCUT2D eigenvalue weighted by Crippen LogP contribution is 2.40. The Labute approximate surface area is 125 Å². The molecule has 3 aliphatic rings. The molecule has 0 aromatic carbocycles. The van der Waals surface area contributed by atoms with Crippen LogP contribution in [0.1, 0.15) is 49.6 Å². The maximum Gasteiger partial charge on any atom is 0.101 e. The Morgan fingerprint density at radius 1 is 1.19 bits per heavy atom. The molecule has 1 saturated carbocycles. The largest absolute Gasteiger partial charge is 0.386 e. The SMILES string of the molecule is O[C@H](c1cc2n(n1)CCCN(C1CCOCC1)C2)C1CC1. The molecule has 1 aromatic rings. The van der Waals surface area contributed by atoms with Crippen molar-refractivity contribution >= 4 is 0 Å². The average Bonchev–Trinajstić information content (AvgIpc) is 3.32. The van der Waals surface area contributed by atoms with Gasteiger partial charge in [-0.25, -0.2) is 0 Å². The third-order valence-corrected chi connectivity index (χ3v) is 5.14. The number of aliphatic hydroxyl groups is 1. The standard InChI is InChI=1S/C16H25N3O2/c20-16(12-2-3-12)15-10-14-11-18(6-1-7-19(14)17-15)13-4-8-21-9-5-13/h10,12-13,16,20H,1-9,11H2/t16-/m0/s1. The zero-order chi connectivity index (χ0) is 14.2. The summed E-state index contributed by atoms with van der Waals surface area (Å²) in [4.78, 5) is 2.59. The first-order valence-corrected chi connectivity index (χ1v) is 8.38. The normalized spacial score (nSPS) is 26.3. The number of rotatable bonds is 3. The smallest absolute Gasteiger partial charge is 0.101 e. The van der Waals surface area contributed by atoms with E-state index in [0.717, 1.165) is 70.6 Å². The Morgan fingerprint density at radius 2 is 2.00 bits per heavy atom. The van der Waals surface area contributed by atoms with Crippen LogP contribution in [0.2, 0.25) is 0 Å². The minimum absolute atomic E-state index is 0.346. The zero-order valence-electron chi connectivity index (χ0n) is 12.6. The summed E-state index contributed by atoms with van der Waals surface area (Å²) in [6.07, 6.45) is 5.39. The van der Waals surface area contributed by atoms with Gasteiger partial charge in [0.15, 0.2) is 0 Å². The first-order valence-electron chi connectivity index (χ1n) is 8.38. The number of ether oxygens (including phenoxy) is 1. The topological polar surface area (TPSA) is 50.5 Å². The fraction of sp³-hybridized carbons (Fsp3) is 0.812. The highest BCUT2D eigenvalue weighted by Gasteiger charge is 2.33. The van der Waals surface area contributed by atoms with Crippen LogP contribution in [0.3, 0.4) is 0 Å². The molecule has 3 heterocycles. The van der Waals surface area contributed by atoms with Crippen molar-refractivity contribution in [3.63, 3.8) is 0 Å². The molecule has 4 rings (SSSR count). The van der Waals surface area contributed by atoms with E-state index in [1.165, 1.54) is 5.69 Å². The first-order chi connectivity index (χ1) is 10.3. The summed E-state index contributed by atoms with van der Waals surface area (Å²) < 4.78 is 7.61. The van der Waals surface area contributed by atoms with Crippen molar-refractivity contribution in [2.45, 2.75) is 57.3 Å². The van der Waals surface area contributed by atoms with Crippen molar-refractivity contribution in [1.82, 2.24) is 14.7 Å². The second-order valence-corrected chi connectivity index (χ2v) is 6.73. The van der Waals surface area contributed by atoms with Crippen molar-refractivity contribution in [1.29, 1.82) is 0 Å². The minimum atomic E-state index is -0.346. The number of hydrogen-bond donors (Lipinski definition) is 1. The molecule has 1 saturated heterocycles. The first kappa shape index (κ1) is 13.7. The maximum absolute atomic E-state index is 10.3. The van der Waals surface area contributed by atoms with E-state index in [1.807, 2.05) is 0 Å². The quantitative estimate of drug-likeness (QED) is 0.921. The molecule has 1 aromatic heterocycles. The molecule has 0 amide bonds. The van der Waals surface area contributed by atoms with Crippen LogP contribution in [0, 0.1) is 5.92 Å². The number of nitrogens with zero attached hydrogens (tertiary/aromatic N) is 3. The van der Waals surface area contributed by atoms with Crippen LogP contribution in [-0.4, -0.2) is 45.6 Å². The van der Waals surface area contributed by atoms with E-state index in [-0.39, 0.29) is 6.10 Å². The summed E-state index contributed by atoms with van der Waals surface area (Å²) in [6, 6.07) is 2.79. The van der Waals surface area contributed by atoms with Crippen LogP contribution in [0.4, 0.5) is 0 Å². The molecule has 2 aliphatic heterocycles. The number of hydrogen-bond acceptors (Lipinski definition) is 4. The number of aliphatic hydroxyl groups excluding tert-OH is 1. The second kappa shape index (κ2) is 5.71. The molecule has 116 valence electrons. The predicted molar refractivity (Wildman–Crippen MR) is 78.8 cm³/mol. The lowest BCUT2D eigenvalue weighted by molar-refractivity contribution is 0.0315. The summed E-state index contributed by atoms with van der Waals surface area (Å²) >= 11 is 0. The second-order valence-electron chi connectivity index (χ2n) is 6.73. The Bertz CT molecular complexity index is 492. The molecular formula is C16H25N3O2. The highest BCUT2D eigenvalue weighted by molar-refractivity contribution is 5.15. The Kier molecular flexibility index (Phi) is 3.73. The summed E-state index contributed by atoms with van der Waals surface area (Å²) in [6.45, 7) is 4.88. The van der Waals surface area contributed by atoms with Crippen molar-refractivity contribution in [2.75, 3.05) is 19.8 Å². The lowest BCUT2D eigenvalue weighted by Gasteiger charge is -2.33. The molecule has 1 atom stereocenters. The van der Waals surface area contributed by atoms with Crippen molar-refractivity contribution in [3.05, 3.63) is 17.5 Å². The van der Waals surface area contributed by atoms with Crippen LogP contribution in [0.25, 0.3) is 0 Å². The average molecular weight is 291 g/mol. The predicted octanol–water partition coefficient (Wildman–Crippen LogP) is 1.71. The van der Waals surface area contributed by atoms with Gasteiger partial charge < -0.3 is 9.84 Å². The van der Waals surface area contributed by atoms with Crippen molar-refractivity contribution in [3.8, 4) is 0 Å². The fourth-order valence-electron chi connectivity index (χ4n) is 3.67. The van der Waals surface area contributed by atoms with E-state index in [0.29, 0.717) is 12.0 Å². The van der Waals surface area contributed by atoms with E-state index in [4.69, 9.17) is 4.74 Å². The van der Waals surface area contributed by atoms with E-state index >= 15 is 0 Å². The van der Waals surface area contributed by atoms with Gasteiger partial charge in [0.2, 0.25) is 0 Å². The van der Waals surface area contributed by atoms with E-state index in [2.05, 4.69) is 20.7 Å². The molecule has 5 heteroatoms. The summed E-state index contributed by atoms with van der Waals surface area (Å²) in [5, 5.41) is 15.0. The van der Waals surface area contributed by atoms with E-state index < -0.39 is 0 Å². The minimum Gasteiger partial charge on any atom is -0.386 e. The van der Waals surface area contributed by atoms with Gasteiger partial charge >= 0.3 is 0 Å². The number of fused-ring (bicyclic) bond motifs is 1. The molecule has 0 spiro atoms. The number of aryl methyl sites for hydroxylation is 1. The molecule has 5 nitrogen and oxygen atoms in total. The van der Waals surface area contributed by atoms with Gasteiger partial charge in [0.05, 0.1) is 11.4 Å². The molecule has 0 unspecified atom stereocenters. The van der Waals surface area contributed by atoms with Crippen molar-refractivity contribution < 1.29 is 9.84 Å². The molecule has 21 heavy (non-hydrogen) atoms. The van der Waals surface area contributed by atoms with Gasteiger partial charge in [0.25, 0.3) is 0 Å². The van der Waals surface area contributed by atoms with Gasteiger partial charge in [0, 0.05) is 38.9 Å². The van der Waals surface area contributed by atoms with Gasteiger partial charge in [-0.05, 0) is 44.1 Å². The Balaban J connectivity index is 1.50. The molecule has 2 fully saturated rings. The van der Waals surface area contributed by atoms with Crippen LogP contribution >= 0.6 is 0 Å². The third-order valence-electron chi connectivity index (χ3n) is 5.14. The van der Waals surface area contributed by atoms with Gasteiger partial charge in [0.1, 0.15) is 6.10 Å². The molecule has 1 N–H and O–H groups in total. The Morgan fingerprint density at radius 3 is 2.76 bits per heavy atom. The molecular weight excluding hydrogens is 266 g/mol. The molecule has 0 radical (unpaired) electrons. The monoisotopic (exact) mass is 291 g/mol. The summed E-state index contributed by atoms with van der Waals surface area (Å²) in [5.41, 5.74) is 2.16. The molecule has 0 bridgehead atoms. The Hall–Kier alpha value is -0.910. The summed E-state index contributed by atoms with van der Waals surface area (Å²) in [7, 11) is 0. The van der Waals surface area contributed by atoms with Crippen LogP contribution in [-0.2, 0) is 17.8 Å².